The zero-order valence-corrected chi connectivity index (χ0v) is 9.85. The third-order valence-corrected chi connectivity index (χ3v) is 2.80. The first kappa shape index (κ1) is 11.7. The van der Waals surface area contributed by atoms with Crippen LogP contribution in [0.25, 0.3) is 0 Å². The van der Waals surface area contributed by atoms with Crippen molar-refractivity contribution in [2.45, 2.75) is 0 Å². The molecule has 0 bridgehead atoms. The molecular formula is C9H6ClFN4OS. The van der Waals surface area contributed by atoms with Gasteiger partial charge in [-0.1, -0.05) is 22.9 Å². The van der Waals surface area contributed by atoms with Crippen LogP contribution in [-0.4, -0.2) is 16.1 Å². The fourth-order valence-electron chi connectivity index (χ4n) is 1.09. The first-order valence-corrected chi connectivity index (χ1v) is 5.61. The molecule has 0 aliphatic rings. The summed E-state index contributed by atoms with van der Waals surface area (Å²) in [6, 6.07) is 3.67. The third kappa shape index (κ3) is 2.69. The van der Waals surface area contributed by atoms with Gasteiger partial charge in [-0.3, -0.25) is 10.1 Å². The highest BCUT2D eigenvalue weighted by Crippen LogP contribution is 2.19. The zero-order valence-electron chi connectivity index (χ0n) is 8.28. The Kier molecular flexibility index (Phi) is 3.21. The maximum atomic E-state index is 12.9. The van der Waals surface area contributed by atoms with Crippen molar-refractivity contribution in [3.05, 3.63) is 34.6 Å². The molecule has 1 aromatic heterocycles. The second-order valence-corrected chi connectivity index (χ2v) is 4.44. The van der Waals surface area contributed by atoms with E-state index in [1.54, 1.807) is 0 Å². The predicted molar refractivity (Wildman–Crippen MR) is 63.7 cm³/mol. The van der Waals surface area contributed by atoms with Crippen LogP contribution in [0.3, 0.4) is 0 Å². The predicted octanol–water partition coefficient (Wildman–Crippen LogP) is 2.17. The van der Waals surface area contributed by atoms with Crippen LogP contribution in [0.5, 0.6) is 0 Å². The highest BCUT2D eigenvalue weighted by molar-refractivity contribution is 7.19. The van der Waals surface area contributed by atoms with Crippen molar-refractivity contribution < 1.29 is 9.18 Å². The Morgan fingerprint density at radius 1 is 1.47 bits per heavy atom. The third-order valence-electron chi connectivity index (χ3n) is 1.84. The van der Waals surface area contributed by atoms with Gasteiger partial charge in [-0.25, -0.2) is 4.39 Å². The monoisotopic (exact) mass is 272 g/mol. The Hall–Kier alpha value is -1.73. The van der Waals surface area contributed by atoms with Crippen molar-refractivity contribution in [1.82, 2.24) is 10.2 Å². The normalized spacial score (nSPS) is 10.2. The highest BCUT2D eigenvalue weighted by Gasteiger charge is 2.11. The summed E-state index contributed by atoms with van der Waals surface area (Å²) in [4.78, 5) is 11.7. The van der Waals surface area contributed by atoms with E-state index in [1.807, 2.05) is 0 Å². The van der Waals surface area contributed by atoms with E-state index < -0.39 is 11.7 Å². The van der Waals surface area contributed by atoms with Crippen LogP contribution in [0.1, 0.15) is 10.4 Å². The molecule has 0 fully saturated rings. The minimum absolute atomic E-state index is 0.116. The summed E-state index contributed by atoms with van der Waals surface area (Å²) in [6.45, 7) is 0. The quantitative estimate of drug-likeness (QED) is 0.878. The molecule has 0 unspecified atom stereocenters. The van der Waals surface area contributed by atoms with Crippen molar-refractivity contribution in [1.29, 1.82) is 0 Å². The van der Waals surface area contributed by atoms with E-state index in [4.69, 9.17) is 17.3 Å². The molecule has 17 heavy (non-hydrogen) atoms. The molecule has 1 amide bonds. The van der Waals surface area contributed by atoms with Gasteiger partial charge in [-0.05, 0) is 18.2 Å². The molecule has 5 nitrogen and oxygen atoms in total. The summed E-state index contributed by atoms with van der Waals surface area (Å²) in [6.07, 6.45) is 0. The molecule has 0 spiro atoms. The topological polar surface area (TPSA) is 80.9 Å². The maximum Gasteiger partial charge on any atom is 0.257 e. The van der Waals surface area contributed by atoms with Crippen LogP contribution in [0.2, 0.25) is 5.02 Å². The molecule has 3 N–H and O–H groups in total. The largest absolute Gasteiger partial charge is 0.374 e. The molecule has 0 saturated carbocycles. The lowest BCUT2D eigenvalue weighted by molar-refractivity contribution is 0.102. The van der Waals surface area contributed by atoms with Gasteiger partial charge in [-0.2, -0.15) is 0 Å². The van der Waals surface area contributed by atoms with Crippen LogP contribution in [-0.2, 0) is 0 Å². The molecule has 0 aliphatic carbocycles. The van der Waals surface area contributed by atoms with E-state index in [9.17, 15) is 9.18 Å². The van der Waals surface area contributed by atoms with Gasteiger partial charge in [0.2, 0.25) is 10.3 Å². The number of carbonyl (C=O) groups excluding carboxylic acids is 1. The van der Waals surface area contributed by atoms with Gasteiger partial charge in [0.15, 0.2) is 0 Å². The van der Waals surface area contributed by atoms with Crippen LogP contribution in [0, 0.1) is 5.82 Å². The summed E-state index contributed by atoms with van der Waals surface area (Å²) >= 11 is 6.60. The van der Waals surface area contributed by atoms with Crippen LogP contribution in [0.4, 0.5) is 14.7 Å². The number of halogens is 2. The van der Waals surface area contributed by atoms with E-state index in [0.717, 1.165) is 17.4 Å². The molecule has 0 saturated heterocycles. The summed E-state index contributed by atoms with van der Waals surface area (Å²) in [7, 11) is 0. The second kappa shape index (κ2) is 4.64. The van der Waals surface area contributed by atoms with Crippen molar-refractivity contribution in [2.24, 2.45) is 0 Å². The first-order valence-electron chi connectivity index (χ1n) is 4.41. The molecule has 88 valence electrons. The molecule has 2 rings (SSSR count). The van der Waals surface area contributed by atoms with Crippen LogP contribution in [0.15, 0.2) is 18.2 Å². The smallest absolute Gasteiger partial charge is 0.257 e. The molecule has 0 aliphatic heterocycles. The number of nitrogens with two attached hydrogens (primary N) is 1. The molecule has 1 aromatic carbocycles. The van der Waals surface area contributed by atoms with Crippen molar-refractivity contribution in [3.63, 3.8) is 0 Å². The van der Waals surface area contributed by atoms with Gasteiger partial charge >= 0.3 is 0 Å². The van der Waals surface area contributed by atoms with Gasteiger partial charge in [-0.15, -0.1) is 10.2 Å². The Morgan fingerprint density at radius 3 is 2.82 bits per heavy atom. The summed E-state index contributed by atoms with van der Waals surface area (Å²) in [5.41, 5.74) is 5.59. The summed E-state index contributed by atoms with van der Waals surface area (Å²) in [5.74, 6) is -1.04. The van der Waals surface area contributed by atoms with Gasteiger partial charge in [0.1, 0.15) is 5.82 Å². The number of nitrogens with zero attached hydrogens (tertiary/aromatic N) is 2. The molecule has 2 aromatic rings. The standard InChI is InChI=1S/C9H6ClFN4OS/c10-5-3-4(1-2-6(5)11)7(16)13-9-15-14-8(12)17-9/h1-3H,(H2,12,14)(H,13,15,16). The van der Waals surface area contributed by atoms with Crippen molar-refractivity contribution >= 4 is 39.1 Å². The first-order chi connectivity index (χ1) is 8.06. The summed E-state index contributed by atoms with van der Waals surface area (Å²) < 4.78 is 12.9. The van der Waals surface area contributed by atoms with Gasteiger partial charge in [0.05, 0.1) is 5.02 Å². The molecule has 8 heteroatoms. The minimum atomic E-state index is -0.580. The number of rotatable bonds is 2. The van der Waals surface area contributed by atoms with Crippen molar-refractivity contribution in [2.75, 3.05) is 11.1 Å². The average molecular weight is 273 g/mol. The number of hydrogen-bond acceptors (Lipinski definition) is 5. The number of carbonyl (C=O) groups is 1. The van der Waals surface area contributed by atoms with Crippen molar-refractivity contribution in [3.8, 4) is 0 Å². The number of aromatic nitrogens is 2. The molecule has 0 radical (unpaired) electrons. The average Bonchev–Trinajstić information content (AvgIpc) is 2.68. The van der Waals surface area contributed by atoms with E-state index in [2.05, 4.69) is 15.5 Å². The number of amides is 1. The number of nitrogens with one attached hydrogen (secondary N) is 1. The fraction of sp³-hybridized carbons (Fsp3) is 0. The number of benzene rings is 1. The Balaban J connectivity index is 2.17. The Bertz CT molecular complexity index is 574. The van der Waals surface area contributed by atoms with Gasteiger partial charge < -0.3 is 5.73 Å². The van der Waals surface area contributed by atoms with E-state index >= 15 is 0 Å². The van der Waals surface area contributed by atoms with Gasteiger partial charge in [0, 0.05) is 5.56 Å². The maximum absolute atomic E-state index is 12.9. The van der Waals surface area contributed by atoms with E-state index in [-0.39, 0.29) is 20.8 Å². The molecule has 0 atom stereocenters. The lowest BCUT2D eigenvalue weighted by Crippen LogP contribution is -2.11. The van der Waals surface area contributed by atoms with Crippen LogP contribution >= 0.6 is 22.9 Å². The highest BCUT2D eigenvalue weighted by atomic mass is 35.5. The minimum Gasteiger partial charge on any atom is -0.374 e. The van der Waals surface area contributed by atoms with Gasteiger partial charge in [0.25, 0.3) is 5.91 Å². The Labute approximate surface area is 104 Å². The second-order valence-electron chi connectivity index (χ2n) is 3.03. The lowest BCUT2D eigenvalue weighted by atomic mass is 10.2. The molecular weight excluding hydrogens is 267 g/mol. The molecule has 1 heterocycles. The number of hydrogen-bond donors (Lipinski definition) is 2. The van der Waals surface area contributed by atoms with Crippen LogP contribution < -0.4 is 11.1 Å². The number of anilines is 2. The van der Waals surface area contributed by atoms with E-state index in [1.165, 1.54) is 12.1 Å². The fourth-order valence-corrected chi connectivity index (χ4v) is 1.78. The Morgan fingerprint density at radius 2 is 2.24 bits per heavy atom. The number of nitrogen functional groups attached to an aromatic ring is 1. The zero-order chi connectivity index (χ0) is 12.4. The summed E-state index contributed by atoms with van der Waals surface area (Å²) in [5, 5.41) is 10.0. The lowest BCUT2D eigenvalue weighted by Gasteiger charge is -2.01. The SMILES string of the molecule is Nc1nnc(NC(=O)c2ccc(F)c(Cl)c2)s1. The van der Waals surface area contributed by atoms with E-state index in [0.29, 0.717) is 0 Å².